The molecule has 1 fully saturated rings. The predicted molar refractivity (Wildman–Crippen MR) is 82.6 cm³/mol. The van der Waals surface area contributed by atoms with Crippen molar-refractivity contribution in [2.75, 3.05) is 32.7 Å². The van der Waals surface area contributed by atoms with Gasteiger partial charge in [-0.3, -0.25) is 19.9 Å². The lowest BCUT2D eigenvalue weighted by Crippen LogP contribution is -2.50. The van der Waals surface area contributed by atoms with Gasteiger partial charge in [0.15, 0.2) is 0 Å². The fourth-order valence-electron chi connectivity index (χ4n) is 2.54. The minimum Gasteiger partial charge on any atom is -0.406 e. The molecule has 1 aromatic carbocycles. The largest absolute Gasteiger partial charge is 0.573 e. The van der Waals surface area contributed by atoms with Gasteiger partial charge < -0.3 is 10.5 Å². The van der Waals surface area contributed by atoms with E-state index in [2.05, 4.69) is 9.64 Å². The number of hydrogen-bond donors (Lipinski definition) is 2. The van der Waals surface area contributed by atoms with Crippen LogP contribution in [0.1, 0.15) is 5.56 Å². The smallest absolute Gasteiger partial charge is 0.406 e. The minimum atomic E-state index is -4.70. The molecule has 10 heteroatoms. The van der Waals surface area contributed by atoms with Crippen LogP contribution in [0.15, 0.2) is 24.3 Å². The molecular formula is C15H19F3N4O3. The Morgan fingerprint density at radius 2 is 1.64 bits per heavy atom. The molecule has 0 aromatic heterocycles. The Labute approximate surface area is 142 Å². The van der Waals surface area contributed by atoms with Crippen LogP contribution in [0.3, 0.4) is 0 Å². The zero-order valence-corrected chi connectivity index (χ0v) is 13.4. The Balaban J connectivity index is 1.76. The molecule has 1 aliphatic heterocycles. The number of piperazine rings is 1. The summed E-state index contributed by atoms with van der Waals surface area (Å²) in [6.45, 7) is 3.37. The first-order valence-corrected chi connectivity index (χ1v) is 7.60. The first-order valence-electron chi connectivity index (χ1n) is 7.60. The number of benzene rings is 1. The number of nitrogens with two attached hydrogens (primary N) is 1. The minimum absolute atomic E-state index is 0.0975. The number of ether oxygens (including phenoxy) is 1. The highest BCUT2D eigenvalue weighted by atomic mass is 19.4. The molecule has 0 spiro atoms. The third kappa shape index (κ3) is 6.98. The van der Waals surface area contributed by atoms with Gasteiger partial charge in [0.05, 0.1) is 6.54 Å². The molecule has 2 rings (SSSR count). The number of alkyl halides is 3. The van der Waals surface area contributed by atoms with Crippen LogP contribution in [0, 0.1) is 0 Å². The molecule has 1 saturated heterocycles. The number of amides is 3. The lowest BCUT2D eigenvalue weighted by molar-refractivity contribution is -0.274. The number of hydrogen-bond acceptors (Lipinski definition) is 5. The summed E-state index contributed by atoms with van der Waals surface area (Å²) in [6, 6.07) is 4.88. The molecule has 0 aliphatic carbocycles. The Hall–Kier alpha value is -2.33. The van der Waals surface area contributed by atoms with Crippen molar-refractivity contribution in [3.63, 3.8) is 0 Å². The van der Waals surface area contributed by atoms with E-state index in [4.69, 9.17) is 5.73 Å². The van der Waals surface area contributed by atoms with Crippen molar-refractivity contribution in [2.45, 2.75) is 12.9 Å². The quantitative estimate of drug-likeness (QED) is 0.815. The molecule has 0 radical (unpaired) electrons. The highest BCUT2D eigenvalue weighted by Gasteiger charge is 2.31. The average molecular weight is 360 g/mol. The lowest BCUT2D eigenvalue weighted by atomic mass is 10.2. The van der Waals surface area contributed by atoms with Crippen LogP contribution >= 0.6 is 0 Å². The highest BCUT2D eigenvalue weighted by molar-refractivity contribution is 5.94. The van der Waals surface area contributed by atoms with E-state index >= 15 is 0 Å². The van der Waals surface area contributed by atoms with Gasteiger partial charge in [-0.15, -0.1) is 13.2 Å². The SMILES string of the molecule is NC(=O)NC(=O)CN1CCN(Cc2ccc(OC(F)(F)F)cc2)CC1. The topological polar surface area (TPSA) is 87.9 Å². The molecule has 1 heterocycles. The summed E-state index contributed by atoms with van der Waals surface area (Å²) >= 11 is 0. The Morgan fingerprint density at radius 1 is 1.08 bits per heavy atom. The van der Waals surface area contributed by atoms with Crippen molar-refractivity contribution in [1.29, 1.82) is 0 Å². The summed E-state index contributed by atoms with van der Waals surface area (Å²) in [7, 11) is 0. The van der Waals surface area contributed by atoms with Crippen molar-refractivity contribution in [1.82, 2.24) is 15.1 Å². The van der Waals surface area contributed by atoms with Gasteiger partial charge in [0.1, 0.15) is 5.75 Å². The van der Waals surface area contributed by atoms with Crippen LogP contribution in [0.25, 0.3) is 0 Å². The number of halogens is 3. The van der Waals surface area contributed by atoms with Crippen molar-refractivity contribution in [2.24, 2.45) is 5.73 Å². The van der Waals surface area contributed by atoms with E-state index in [-0.39, 0.29) is 12.3 Å². The third-order valence-corrected chi connectivity index (χ3v) is 3.66. The number of imide groups is 1. The van der Waals surface area contributed by atoms with Crippen LogP contribution in [-0.2, 0) is 11.3 Å². The molecule has 3 N–H and O–H groups in total. The Kier molecular flexibility index (Phi) is 6.21. The number of carbonyl (C=O) groups is 2. The second kappa shape index (κ2) is 8.17. The van der Waals surface area contributed by atoms with Gasteiger partial charge in [-0.2, -0.15) is 0 Å². The fourth-order valence-corrected chi connectivity index (χ4v) is 2.54. The van der Waals surface area contributed by atoms with E-state index in [1.165, 1.54) is 12.1 Å². The van der Waals surface area contributed by atoms with Crippen molar-refractivity contribution >= 4 is 11.9 Å². The Morgan fingerprint density at radius 3 is 2.16 bits per heavy atom. The predicted octanol–water partition coefficient (Wildman–Crippen LogP) is 0.898. The molecule has 0 unspecified atom stereocenters. The van der Waals surface area contributed by atoms with E-state index in [1.54, 1.807) is 12.1 Å². The number of nitrogens with one attached hydrogen (secondary N) is 1. The van der Waals surface area contributed by atoms with Crippen molar-refractivity contribution in [3.05, 3.63) is 29.8 Å². The first kappa shape index (κ1) is 19.0. The lowest BCUT2D eigenvalue weighted by Gasteiger charge is -2.34. The fraction of sp³-hybridized carbons (Fsp3) is 0.467. The maximum absolute atomic E-state index is 12.1. The van der Waals surface area contributed by atoms with Gasteiger partial charge in [-0.25, -0.2) is 4.79 Å². The van der Waals surface area contributed by atoms with Crippen LogP contribution in [-0.4, -0.2) is 60.8 Å². The van der Waals surface area contributed by atoms with Gasteiger partial charge >= 0.3 is 12.4 Å². The van der Waals surface area contributed by atoms with Crippen LogP contribution < -0.4 is 15.8 Å². The zero-order valence-electron chi connectivity index (χ0n) is 13.4. The van der Waals surface area contributed by atoms with E-state index in [9.17, 15) is 22.8 Å². The van der Waals surface area contributed by atoms with Gasteiger partial charge in [0.25, 0.3) is 0 Å². The van der Waals surface area contributed by atoms with Crippen molar-refractivity contribution < 1.29 is 27.5 Å². The third-order valence-electron chi connectivity index (χ3n) is 3.66. The van der Waals surface area contributed by atoms with Crippen LogP contribution in [0.5, 0.6) is 5.75 Å². The summed E-state index contributed by atoms with van der Waals surface area (Å²) in [5.74, 6) is -0.692. The summed E-state index contributed by atoms with van der Waals surface area (Å²) in [4.78, 5) is 26.1. The molecule has 1 aliphatic rings. The van der Waals surface area contributed by atoms with E-state index in [0.717, 1.165) is 5.56 Å². The number of urea groups is 1. The van der Waals surface area contributed by atoms with Crippen LogP contribution in [0.2, 0.25) is 0 Å². The standard InChI is InChI=1S/C15H19F3N4O3/c16-15(17,18)25-12-3-1-11(2-4-12)9-21-5-7-22(8-6-21)10-13(23)20-14(19)24/h1-4H,5-10H2,(H3,19,20,23,24). The summed E-state index contributed by atoms with van der Waals surface area (Å²) in [5.41, 5.74) is 5.75. The van der Waals surface area contributed by atoms with E-state index < -0.39 is 18.3 Å². The number of primary amides is 1. The number of rotatable bonds is 5. The normalized spacial score (nSPS) is 16.4. The van der Waals surface area contributed by atoms with Gasteiger partial charge in [0, 0.05) is 32.7 Å². The second-order valence-electron chi connectivity index (χ2n) is 5.66. The summed E-state index contributed by atoms with van der Waals surface area (Å²) in [5, 5.41) is 2.02. The average Bonchev–Trinajstić information content (AvgIpc) is 2.49. The van der Waals surface area contributed by atoms with Crippen molar-refractivity contribution in [3.8, 4) is 5.75 Å². The van der Waals surface area contributed by atoms with Gasteiger partial charge in [-0.1, -0.05) is 12.1 Å². The number of carbonyl (C=O) groups excluding carboxylic acids is 2. The second-order valence-corrected chi connectivity index (χ2v) is 5.66. The van der Waals surface area contributed by atoms with E-state index in [1.807, 2.05) is 10.2 Å². The summed E-state index contributed by atoms with van der Waals surface area (Å²) < 4.78 is 40.2. The molecular weight excluding hydrogens is 341 g/mol. The molecule has 0 atom stereocenters. The maximum atomic E-state index is 12.1. The molecule has 25 heavy (non-hydrogen) atoms. The zero-order chi connectivity index (χ0) is 18.4. The molecule has 0 saturated carbocycles. The molecule has 1 aromatic rings. The number of nitrogens with zero attached hydrogens (tertiary/aromatic N) is 2. The monoisotopic (exact) mass is 360 g/mol. The molecule has 7 nitrogen and oxygen atoms in total. The maximum Gasteiger partial charge on any atom is 0.573 e. The van der Waals surface area contributed by atoms with E-state index in [0.29, 0.717) is 32.7 Å². The molecule has 0 bridgehead atoms. The highest BCUT2D eigenvalue weighted by Crippen LogP contribution is 2.23. The molecule has 138 valence electrons. The summed E-state index contributed by atoms with van der Waals surface area (Å²) in [6.07, 6.45) is -4.70. The Bertz CT molecular complexity index is 599. The van der Waals surface area contributed by atoms with Gasteiger partial charge in [-0.05, 0) is 17.7 Å². The molecule has 3 amide bonds. The van der Waals surface area contributed by atoms with Gasteiger partial charge in [0.2, 0.25) is 5.91 Å². The first-order chi connectivity index (χ1) is 11.7. The van der Waals surface area contributed by atoms with Crippen LogP contribution in [0.4, 0.5) is 18.0 Å².